The minimum Gasteiger partial charge on any atom is -0.441 e. The molecule has 1 heterocycles. The molecule has 3 rings (SSSR count). The van der Waals surface area contributed by atoms with Gasteiger partial charge in [-0.15, -0.1) is 0 Å². The molecule has 0 aliphatic heterocycles. The lowest BCUT2D eigenvalue weighted by molar-refractivity contribution is 0.163. The van der Waals surface area contributed by atoms with Crippen LogP contribution in [-0.2, 0) is 0 Å². The zero-order valence-corrected chi connectivity index (χ0v) is 10.7. The summed E-state index contributed by atoms with van der Waals surface area (Å²) in [7, 11) is 0. The zero-order chi connectivity index (χ0) is 12.6. The molecule has 18 heavy (non-hydrogen) atoms. The second-order valence-electron chi connectivity index (χ2n) is 5.33. The van der Waals surface area contributed by atoms with E-state index in [1.54, 1.807) is 0 Å². The predicted octanol–water partition coefficient (Wildman–Crippen LogP) is 2.68. The van der Waals surface area contributed by atoms with Gasteiger partial charge in [-0.05, 0) is 43.0 Å². The van der Waals surface area contributed by atoms with Crippen LogP contribution < -0.4 is 11.1 Å². The highest BCUT2D eigenvalue weighted by Crippen LogP contribution is 2.39. The van der Waals surface area contributed by atoms with E-state index in [0.29, 0.717) is 11.3 Å². The predicted molar refractivity (Wildman–Crippen MR) is 72.6 cm³/mol. The molecule has 0 bridgehead atoms. The number of hydrogen-bond acceptors (Lipinski definition) is 4. The van der Waals surface area contributed by atoms with Gasteiger partial charge in [0.05, 0.1) is 0 Å². The van der Waals surface area contributed by atoms with Crippen molar-refractivity contribution in [3.8, 4) is 0 Å². The summed E-state index contributed by atoms with van der Waals surface area (Å²) in [4.78, 5) is 4.34. The fourth-order valence-electron chi connectivity index (χ4n) is 2.57. The number of nitrogens with zero attached hydrogens (tertiary/aromatic N) is 1. The molecule has 3 N–H and O–H groups in total. The van der Waals surface area contributed by atoms with Gasteiger partial charge in [-0.2, -0.15) is 0 Å². The van der Waals surface area contributed by atoms with Gasteiger partial charge in [0, 0.05) is 19.2 Å². The Bertz CT molecular complexity index is 552. The van der Waals surface area contributed by atoms with Crippen LogP contribution in [0.4, 0.5) is 5.69 Å². The van der Waals surface area contributed by atoms with Gasteiger partial charge in [0.25, 0.3) is 0 Å². The van der Waals surface area contributed by atoms with E-state index in [2.05, 4.69) is 10.3 Å². The molecule has 1 aromatic carbocycles. The summed E-state index contributed by atoms with van der Waals surface area (Å²) in [5.74, 6) is 0.708. The van der Waals surface area contributed by atoms with Crippen LogP contribution >= 0.6 is 0 Å². The van der Waals surface area contributed by atoms with Crippen LogP contribution in [0, 0.1) is 12.3 Å². The zero-order valence-electron chi connectivity index (χ0n) is 10.7. The van der Waals surface area contributed by atoms with Crippen LogP contribution in [0.25, 0.3) is 11.1 Å². The number of nitrogens with two attached hydrogens (primary N) is 1. The Balaban J connectivity index is 1.74. The normalized spacial score (nSPS) is 17.7. The van der Waals surface area contributed by atoms with Crippen molar-refractivity contribution in [2.24, 2.45) is 11.1 Å². The van der Waals surface area contributed by atoms with Crippen molar-refractivity contribution in [2.45, 2.75) is 26.2 Å². The second-order valence-corrected chi connectivity index (χ2v) is 5.33. The van der Waals surface area contributed by atoms with E-state index >= 15 is 0 Å². The summed E-state index contributed by atoms with van der Waals surface area (Å²) in [6.07, 6.45) is 3.78. The van der Waals surface area contributed by atoms with Crippen molar-refractivity contribution in [1.29, 1.82) is 0 Å². The summed E-state index contributed by atoms with van der Waals surface area (Å²) in [6.45, 7) is 3.59. The first-order chi connectivity index (χ1) is 8.71. The molecule has 0 atom stereocenters. The third-order valence-corrected chi connectivity index (χ3v) is 4.01. The lowest BCUT2D eigenvalue weighted by atomic mass is 9.69. The highest BCUT2D eigenvalue weighted by atomic mass is 16.3. The van der Waals surface area contributed by atoms with E-state index in [-0.39, 0.29) is 0 Å². The lowest BCUT2D eigenvalue weighted by Gasteiger charge is -2.41. The molecule has 2 aromatic rings. The third-order valence-electron chi connectivity index (χ3n) is 4.01. The van der Waals surface area contributed by atoms with Gasteiger partial charge >= 0.3 is 0 Å². The van der Waals surface area contributed by atoms with Gasteiger partial charge in [0.2, 0.25) is 0 Å². The number of oxazole rings is 1. The largest absolute Gasteiger partial charge is 0.441 e. The van der Waals surface area contributed by atoms with Gasteiger partial charge in [-0.1, -0.05) is 6.42 Å². The summed E-state index contributed by atoms with van der Waals surface area (Å²) >= 11 is 0. The first-order valence-corrected chi connectivity index (χ1v) is 6.52. The fourth-order valence-corrected chi connectivity index (χ4v) is 2.57. The van der Waals surface area contributed by atoms with Crippen LogP contribution in [0.5, 0.6) is 0 Å². The standard InChI is InChI=1S/C14H19N3O/c1-10-17-12-7-11(3-4-13(12)18-10)16-9-14(8-15)5-2-6-14/h3-4,7,16H,2,5-6,8-9,15H2,1H3. The van der Waals surface area contributed by atoms with Crippen molar-refractivity contribution in [2.75, 3.05) is 18.4 Å². The van der Waals surface area contributed by atoms with Crippen molar-refractivity contribution in [3.63, 3.8) is 0 Å². The Morgan fingerprint density at radius 3 is 2.94 bits per heavy atom. The van der Waals surface area contributed by atoms with Gasteiger partial charge in [0.15, 0.2) is 11.5 Å². The maximum absolute atomic E-state index is 5.86. The number of rotatable bonds is 4. The van der Waals surface area contributed by atoms with E-state index in [1.165, 1.54) is 19.3 Å². The monoisotopic (exact) mass is 245 g/mol. The molecule has 4 heteroatoms. The third kappa shape index (κ3) is 1.97. The Hall–Kier alpha value is -1.55. The molecule has 1 aliphatic rings. The van der Waals surface area contributed by atoms with E-state index in [9.17, 15) is 0 Å². The summed E-state index contributed by atoms with van der Waals surface area (Å²) in [5, 5.41) is 3.48. The van der Waals surface area contributed by atoms with Gasteiger partial charge in [-0.25, -0.2) is 4.98 Å². The Labute approximate surface area is 107 Å². The molecule has 0 spiro atoms. The number of nitrogens with one attached hydrogen (secondary N) is 1. The smallest absolute Gasteiger partial charge is 0.192 e. The fraction of sp³-hybridized carbons (Fsp3) is 0.500. The van der Waals surface area contributed by atoms with Crippen molar-refractivity contribution >= 4 is 16.8 Å². The van der Waals surface area contributed by atoms with Crippen LogP contribution in [0.3, 0.4) is 0 Å². The number of fused-ring (bicyclic) bond motifs is 1. The molecule has 1 aliphatic carbocycles. The average molecular weight is 245 g/mol. The van der Waals surface area contributed by atoms with E-state index in [4.69, 9.17) is 10.2 Å². The van der Waals surface area contributed by atoms with Crippen LogP contribution in [-0.4, -0.2) is 18.1 Å². The Kier molecular flexibility index (Phi) is 2.74. The molecule has 0 amide bonds. The van der Waals surface area contributed by atoms with Gasteiger partial charge in [0.1, 0.15) is 5.52 Å². The number of anilines is 1. The molecule has 1 fully saturated rings. The molecule has 1 aromatic heterocycles. The minimum atomic E-state index is 0.314. The van der Waals surface area contributed by atoms with Crippen LogP contribution in [0.1, 0.15) is 25.2 Å². The summed E-state index contributed by atoms with van der Waals surface area (Å²) < 4.78 is 5.46. The minimum absolute atomic E-state index is 0.314. The summed E-state index contributed by atoms with van der Waals surface area (Å²) in [5.41, 5.74) is 9.02. The molecule has 0 radical (unpaired) electrons. The number of aryl methyl sites for hydroxylation is 1. The Morgan fingerprint density at radius 1 is 1.44 bits per heavy atom. The molecule has 0 saturated heterocycles. The van der Waals surface area contributed by atoms with Crippen LogP contribution in [0.15, 0.2) is 22.6 Å². The lowest BCUT2D eigenvalue weighted by Crippen LogP contribution is -2.42. The summed E-state index contributed by atoms with van der Waals surface area (Å²) in [6, 6.07) is 6.04. The maximum Gasteiger partial charge on any atom is 0.192 e. The molecular weight excluding hydrogens is 226 g/mol. The van der Waals surface area contributed by atoms with E-state index in [1.807, 2.05) is 25.1 Å². The highest BCUT2D eigenvalue weighted by molar-refractivity contribution is 5.77. The van der Waals surface area contributed by atoms with E-state index in [0.717, 1.165) is 29.9 Å². The molecule has 1 saturated carbocycles. The molecule has 96 valence electrons. The first-order valence-electron chi connectivity index (χ1n) is 6.52. The molecular formula is C14H19N3O. The number of aromatic nitrogens is 1. The van der Waals surface area contributed by atoms with Crippen LogP contribution in [0.2, 0.25) is 0 Å². The van der Waals surface area contributed by atoms with Gasteiger partial charge < -0.3 is 15.5 Å². The number of benzene rings is 1. The van der Waals surface area contributed by atoms with Crippen molar-refractivity contribution < 1.29 is 4.42 Å². The topological polar surface area (TPSA) is 64.1 Å². The maximum atomic E-state index is 5.86. The number of hydrogen-bond donors (Lipinski definition) is 2. The average Bonchev–Trinajstić information content (AvgIpc) is 2.67. The molecule has 0 unspecified atom stereocenters. The SMILES string of the molecule is Cc1nc2cc(NCC3(CN)CCC3)ccc2o1. The molecule has 4 nitrogen and oxygen atoms in total. The quantitative estimate of drug-likeness (QED) is 0.869. The second kappa shape index (κ2) is 4.28. The first kappa shape index (κ1) is 11.5. The highest BCUT2D eigenvalue weighted by Gasteiger charge is 2.35. The van der Waals surface area contributed by atoms with Gasteiger partial charge in [-0.3, -0.25) is 0 Å². The van der Waals surface area contributed by atoms with Crippen molar-refractivity contribution in [1.82, 2.24) is 4.98 Å². The Morgan fingerprint density at radius 2 is 2.28 bits per heavy atom. The van der Waals surface area contributed by atoms with Crippen molar-refractivity contribution in [3.05, 3.63) is 24.1 Å². The van der Waals surface area contributed by atoms with E-state index < -0.39 is 0 Å².